The van der Waals surface area contributed by atoms with Crippen LogP contribution in [0.25, 0.3) is 0 Å². The molecule has 0 aliphatic carbocycles. The van der Waals surface area contributed by atoms with Crippen LogP contribution in [0.1, 0.15) is 68.1 Å². The van der Waals surface area contributed by atoms with E-state index < -0.39 is 61.0 Å². The Bertz CT molecular complexity index is 3280. The molecule has 0 unspecified atom stereocenters. The molecule has 0 bridgehead atoms. The maximum atomic E-state index is 15.1. The first-order valence-electron chi connectivity index (χ1n) is 28.7. The maximum absolute atomic E-state index is 15.1. The zero-order valence-corrected chi connectivity index (χ0v) is 46.7. The van der Waals surface area contributed by atoms with E-state index in [-0.39, 0.29) is 77.5 Å². The van der Waals surface area contributed by atoms with E-state index in [9.17, 15) is 0 Å². The van der Waals surface area contributed by atoms with E-state index in [0.717, 1.165) is 44.5 Å². The monoisotopic (exact) mass is 1130 g/mol. The standard InChI is InChI=1S/C70H70N2O12/c73-72-62(66-70(81-48-58-39-23-8-24-40-58)68(79-46-56-35-19-6-20-36-56)64(77-44-54-31-15-4-16-32-54)60(83-66)50-75-42-52-27-11-2-12-28-52)61(71-84-72)65-69(80-47-57-37-21-7-22-38-57)67(78-45-55-33-17-5-18-34-55)63(76-43-53-29-13-3-14-30-53)59(82-65)49-74-41-51-25-9-1-10-26-51/h1-40,59-60,63-70H,41-50H2/t59-,60-,63+,64+,65+,66+,67+,68+,69+,70+/m1/s1. The van der Waals surface area contributed by atoms with Gasteiger partial charge in [0.1, 0.15) is 48.8 Å². The van der Waals surface area contributed by atoms with Gasteiger partial charge in [-0.15, -0.1) is 0 Å². The van der Waals surface area contributed by atoms with E-state index in [1.165, 1.54) is 0 Å². The highest BCUT2D eigenvalue weighted by atomic mass is 16.8. The van der Waals surface area contributed by atoms with Gasteiger partial charge in [0.2, 0.25) is 5.69 Å². The lowest BCUT2D eigenvalue weighted by molar-refractivity contribution is -0.811. The molecule has 10 atom stereocenters. The van der Waals surface area contributed by atoms with Crippen molar-refractivity contribution in [2.45, 2.75) is 114 Å². The van der Waals surface area contributed by atoms with Crippen molar-refractivity contribution in [1.82, 2.24) is 5.16 Å². The second-order valence-electron chi connectivity index (χ2n) is 21.0. The average Bonchev–Trinajstić information content (AvgIpc) is 2.75. The molecule has 0 spiro atoms. The summed E-state index contributed by atoms with van der Waals surface area (Å²) in [4.78, 5) is 0.385. The molecule has 2 saturated heterocycles. The van der Waals surface area contributed by atoms with Crippen molar-refractivity contribution in [3.63, 3.8) is 0 Å². The molecule has 0 amide bonds. The summed E-state index contributed by atoms with van der Waals surface area (Å²) < 4.78 is 76.2. The Kier molecular flexibility index (Phi) is 20.9. The third-order valence-electron chi connectivity index (χ3n) is 15.0. The van der Waals surface area contributed by atoms with Crippen LogP contribution in [0.3, 0.4) is 0 Å². The number of benzene rings is 8. The zero-order chi connectivity index (χ0) is 57.0. The normalized spacial score (nSPS) is 22.4. The van der Waals surface area contributed by atoms with Crippen molar-refractivity contribution in [2.24, 2.45) is 0 Å². The van der Waals surface area contributed by atoms with Gasteiger partial charge in [-0.05, 0) is 49.4 Å². The molecule has 14 nitrogen and oxygen atoms in total. The largest absolute Gasteiger partial charge is 0.374 e. The highest BCUT2D eigenvalue weighted by Gasteiger charge is 2.57. The Balaban J connectivity index is 1.03. The molecule has 0 saturated carbocycles. The van der Waals surface area contributed by atoms with E-state index in [0.29, 0.717) is 4.90 Å². The molecule has 2 aliphatic heterocycles. The number of nitrogens with zero attached hydrogens (tertiary/aromatic N) is 2. The van der Waals surface area contributed by atoms with Gasteiger partial charge in [-0.3, -0.25) is 4.63 Å². The third kappa shape index (κ3) is 15.7. The minimum atomic E-state index is -1.24. The lowest BCUT2D eigenvalue weighted by atomic mass is 9.88. The fourth-order valence-electron chi connectivity index (χ4n) is 10.7. The van der Waals surface area contributed by atoms with Gasteiger partial charge in [0.25, 0.3) is 5.69 Å². The number of ether oxygens (including phenoxy) is 10. The summed E-state index contributed by atoms with van der Waals surface area (Å²) in [6, 6.07) is 79.3. The zero-order valence-electron chi connectivity index (χ0n) is 46.7. The molecule has 432 valence electrons. The van der Waals surface area contributed by atoms with Crippen LogP contribution in [-0.2, 0) is 100 Å². The van der Waals surface area contributed by atoms with E-state index in [4.69, 9.17) is 52.0 Å². The van der Waals surface area contributed by atoms with E-state index >= 15 is 5.21 Å². The van der Waals surface area contributed by atoms with E-state index in [1.54, 1.807) is 0 Å². The first kappa shape index (κ1) is 58.1. The van der Waals surface area contributed by atoms with E-state index in [2.05, 4.69) is 5.16 Å². The summed E-state index contributed by atoms with van der Waals surface area (Å²) in [6.45, 7) is 1.74. The molecule has 3 heterocycles. The molecule has 8 aromatic carbocycles. The van der Waals surface area contributed by atoms with Gasteiger partial charge in [0.05, 0.1) is 66.1 Å². The summed E-state index contributed by atoms with van der Waals surface area (Å²) in [5.41, 5.74) is 7.58. The number of hydrogen-bond acceptors (Lipinski definition) is 13. The van der Waals surface area contributed by atoms with Gasteiger partial charge in [0.15, 0.2) is 12.2 Å². The highest BCUT2D eigenvalue weighted by Crippen LogP contribution is 2.44. The molecule has 1 aromatic heterocycles. The highest BCUT2D eigenvalue weighted by molar-refractivity contribution is 5.23. The van der Waals surface area contributed by atoms with Gasteiger partial charge in [-0.1, -0.05) is 243 Å². The van der Waals surface area contributed by atoms with Crippen LogP contribution in [0.4, 0.5) is 0 Å². The van der Waals surface area contributed by atoms with Gasteiger partial charge in [-0.2, -0.15) is 0 Å². The summed E-state index contributed by atoms with van der Waals surface area (Å²) in [5, 5.41) is 19.7. The smallest absolute Gasteiger partial charge is 0.255 e. The summed E-state index contributed by atoms with van der Waals surface area (Å²) in [5.74, 6) is 0. The first-order chi connectivity index (χ1) is 41.6. The minimum Gasteiger partial charge on any atom is -0.374 e. The van der Waals surface area contributed by atoms with Crippen molar-refractivity contribution < 1.29 is 56.9 Å². The van der Waals surface area contributed by atoms with Crippen molar-refractivity contribution in [2.75, 3.05) is 13.2 Å². The van der Waals surface area contributed by atoms with Crippen molar-refractivity contribution in [3.8, 4) is 0 Å². The Morgan fingerprint density at radius 1 is 0.310 bits per heavy atom. The number of hydrogen-bond donors (Lipinski definition) is 0. The van der Waals surface area contributed by atoms with Crippen LogP contribution in [0.15, 0.2) is 247 Å². The Morgan fingerprint density at radius 2 is 0.560 bits per heavy atom. The van der Waals surface area contributed by atoms with Crippen LogP contribution in [0.5, 0.6) is 0 Å². The average molecular weight is 1130 g/mol. The topological polar surface area (TPSA) is 145 Å². The van der Waals surface area contributed by atoms with Crippen LogP contribution in [0, 0.1) is 5.21 Å². The Hall–Kier alpha value is -7.70. The molecule has 11 rings (SSSR count). The Morgan fingerprint density at radius 3 is 0.869 bits per heavy atom. The Labute approximate surface area is 490 Å². The maximum Gasteiger partial charge on any atom is 0.255 e. The van der Waals surface area contributed by atoms with Crippen LogP contribution in [-0.4, -0.2) is 67.2 Å². The predicted octanol–water partition coefficient (Wildman–Crippen LogP) is 12.1. The van der Waals surface area contributed by atoms with Crippen molar-refractivity contribution >= 4 is 0 Å². The molecule has 2 aliphatic rings. The van der Waals surface area contributed by atoms with E-state index in [1.807, 2.05) is 243 Å². The molecule has 0 N–H and O–H groups in total. The third-order valence-corrected chi connectivity index (χ3v) is 15.0. The first-order valence-corrected chi connectivity index (χ1v) is 28.7. The second-order valence-corrected chi connectivity index (χ2v) is 21.0. The fraction of sp³-hybridized carbons (Fsp3) is 0.286. The fourth-order valence-corrected chi connectivity index (χ4v) is 10.7. The number of rotatable bonds is 28. The molecular weight excluding hydrogens is 1060 g/mol. The van der Waals surface area contributed by atoms with Gasteiger partial charge < -0.3 is 52.6 Å². The molecule has 9 aromatic rings. The molecule has 2 fully saturated rings. The second kappa shape index (κ2) is 30.2. The quantitative estimate of drug-likeness (QED) is 0.0429. The summed E-state index contributed by atoms with van der Waals surface area (Å²) in [6.07, 6.45) is -9.44. The van der Waals surface area contributed by atoms with Gasteiger partial charge in [-0.25, -0.2) is 0 Å². The predicted molar refractivity (Wildman–Crippen MR) is 313 cm³/mol. The van der Waals surface area contributed by atoms with Crippen molar-refractivity contribution in [3.05, 3.63) is 304 Å². The van der Waals surface area contributed by atoms with Crippen LogP contribution >= 0.6 is 0 Å². The van der Waals surface area contributed by atoms with Crippen molar-refractivity contribution in [1.29, 1.82) is 0 Å². The summed E-state index contributed by atoms with van der Waals surface area (Å²) in [7, 11) is 0. The summed E-state index contributed by atoms with van der Waals surface area (Å²) >= 11 is 0. The molecule has 84 heavy (non-hydrogen) atoms. The van der Waals surface area contributed by atoms with Crippen LogP contribution < -0.4 is 4.90 Å². The number of aromatic nitrogens is 2. The van der Waals surface area contributed by atoms with Gasteiger partial charge >= 0.3 is 0 Å². The minimum absolute atomic E-state index is 0.0105. The lowest BCUT2D eigenvalue weighted by Crippen LogP contribution is -2.60. The molecule has 14 heteroatoms. The SMILES string of the molecule is [O-][n+]1onc([C@@H]2O[C@H](COCc3ccccc3)[C@H](OCc3ccccc3)[C@H](OCc3ccccc3)[C@H]2OCc2ccccc2)c1[C@@H]1O[C@H](COCc2ccccc2)[C@H](OCc2ccccc2)[C@H](OCc2ccccc2)[C@H]1OCc1ccccc1. The molecular formula is C70H70N2O12. The van der Waals surface area contributed by atoms with Crippen LogP contribution in [0.2, 0.25) is 0 Å². The molecule has 0 radical (unpaired) electrons. The lowest BCUT2D eigenvalue weighted by Gasteiger charge is -2.46. The van der Waals surface area contributed by atoms with Gasteiger partial charge in [0, 0.05) is 5.16 Å².